The summed E-state index contributed by atoms with van der Waals surface area (Å²) in [6.07, 6.45) is 0.597. The molecule has 2 rings (SSSR count). The molecule has 2 aromatic carbocycles. The molecule has 0 fully saturated rings. The highest BCUT2D eigenvalue weighted by Gasteiger charge is 2.26. The van der Waals surface area contributed by atoms with E-state index in [9.17, 15) is 9.90 Å². The Morgan fingerprint density at radius 1 is 0.926 bits per heavy atom. The lowest BCUT2D eigenvalue weighted by atomic mass is 9.78. The molecule has 0 saturated heterocycles. The molecule has 0 radical (unpaired) electrons. The topological polar surface area (TPSA) is 83.5 Å². The number of aryl methyl sites for hydroxylation is 1. The summed E-state index contributed by atoms with van der Waals surface area (Å²) < 4.78 is 0. The van der Waals surface area contributed by atoms with Gasteiger partial charge in [-0.15, -0.1) is 0 Å². The molecular weight excluding hydrogens is 338 g/mol. The number of carboxylic acid groups (broad SMARTS) is 1. The van der Waals surface area contributed by atoms with Crippen molar-refractivity contribution in [3.63, 3.8) is 0 Å². The molecule has 0 aliphatic rings. The maximum absolute atomic E-state index is 10.8. The molecular formula is C23H33NO3. The van der Waals surface area contributed by atoms with Crippen LogP contribution in [0.5, 0.6) is 5.75 Å². The van der Waals surface area contributed by atoms with Crippen LogP contribution >= 0.6 is 0 Å². The lowest BCUT2D eigenvalue weighted by Crippen LogP contribution is -2.18. The van der Waals surface area contributed by atoms with Crippen LogP contribution in [0.4, 0.5) is 5.69 Å². The third-order valence-corrected chi connectivity index (χ3v) is 4.21. The largest absolute Gasteiger partial charge is 0.507 e. The number of carbonyl (C=O) groups is 1. The molecule has 2 aromatic rings. The first-order chi connectivity index (χ1) is 12.3. The van der Waals surface area contributed by atoms with Crippen LogP contribution in [0.2, 0.25) is 0 Å². The number of aliphatic carboxylic acids is 1. The third-order valence-electron chi connectivity index (χ3n) is 4.21. The van der Waals surface area contributed by atoms with E-state index in [-0.39, 0.29) is 17.3 Å². The normalized spacial score (nSPS) is 11.5. The van der Waals surface area contributed by atoms with E-state index in [0.717, 1.165) is 22.4 Å². The zero-order chi connectivity index (χ0) is 20.8. The monoisotopic (exact) mass is 371 g/mol. The van der Waals surface area contributed by atoms with Gasteiger partial charge in [-0.1, -0.05) is 71.9 Å². The Labute approximate surface area is 163 Å². The smallest absolute Gasteiger partial charge is 0.303 e. The predicted octanol–water partition coefficient (Wildman–Crippen LogP) is 5.27. The summed E-state index contributed by atoms with van der Waals surface area (Å²) in [5.74, 6) is -0.461. The van der Waals surface area contributed by atoms with E-state index in [0.29, 0.717) is 12.2 Å². The molecule has 148 valence electrons. The van der Waals surface area contributed by atoms with Gasteiger partial charge in [-0.25, -0.2) is 0 Å². The van der Waals surface area contributed by atoms with Crippen LogP contribution in [-0.4, -0.2) is 16.2 Å². The molecule has 0 unspecified atom stereocenters. The molecule has 0 spiro atoms. The number of carboxylic acids is 1. The molecule has 0 aliphatic heterocycles. The van der Waals surface area contributed by atoms with Crippen LogP contribution in [0.3, 0.4) is 0 Å². The number of aromatic hydroxyl groups is 1. The molecule has 4 heteroatoms. The quantitative estimate of drug-likeness (QED) is 0.642. The third kappa shape index (κ3) is 7.33. The van der Waals surface area contributed by atoms with Crippen LogP contribution in [-0.2, 0) is 22.0 Å². The van der Waals surface area contributed by atoms with Crippen LogP contribution in [0, 0.1) is 0 Å². The number of hydrogen-bond donors (Lipinski definition) is 3. The Morgan fingerprint density at radius 2 is 1.37 bits per heavy atom. The van der Waals surface area contributed by atoms with E-state index < -0.39 is 5.97 Å². The maximum atomic E-state index is 10.8. The highest BCUT2D eigenvalue weighted by Crippen LogP contribution is 2.39. The van der Waals surface area contributed by atoms with Crippen molar-refractivity contribution in [3.8, 4) is 5.75 Å². The highest BCUT2D eigenvalue weighted by atomic mass is 16.4. The Morgan fingerprint density at radius 3 is 1.67 bits per heavy atom. The minimum absolute atomic E-state index is 0.109. The number of anilines is 1. The summed E-state index contributed by atoms with van der Waals surface area (Å²) in [5, 5.41) is 19.4. The molecule has 0 saturated carbocycles. The van der Waals surface area contributed by atoms with E-state index in [2.05, 4.69) is 41.5 Å². The predicted molar refractivity (Wildman–Crippen MR) is 112 cm³/mol. The van der Waals surface area contributed by atoms with Crippen LogP contribution in [0.15, 0.2) is 42.5 Å². The Kier molecular flexibility index (Phi) is 7.46. The number of phenols is 1. The zero-order valence-electron chi connectivity index (χ0n) is 17.3. The van der Waals surface area contributed by atoms with Crippen molar-refractivity contribution in [1.29, 1.82) is 0 Å². The summed E-state index contributed by atoms with van der Waals surface area (Å²) in [6.45, 7) is 12.3. The fourth-order valence-corrected chi connectivity index (χ4v) is 2.69. The first kappa shape index (κ1) is 22.6. The molecule has 0 bridgehead atoms. The van der Waals surface area contributed by atoms with Gasteiger partial charge in [0.25, 0.3) is 0 Å². The number of nitrogens with two attached hydrogens (primary N) is 1. The van der Waals surface area contributed by atoms with Crippen molar-refractivity contribution in [2.75, 3.05) is 5.73 Å². The summed E-state index contributed by atoms with van der Waals surface area (Å²) in [5.41, 5.74) is 8.56. The SMILES string of the molecule is CC(C)(C)c1cc(CCC(=O)O)cc(C(C)(C)C)c1O.Nc1ccccc1. The van der Waals surface area contributed by atoms with E-state index >= 15 is 0 Å². The molecule has 0 heterocycles. The number of nitrogen functional groups attached to an aromatic ring is 1. The zero-order valence-corrected chi connectivity index (χ0v) is 17.3. The summed E-state index contributed by atoms with van der Waals surface area (Å²) in [7, 11) is 0. The van der Waals surface area contributed by atoms with E-state index in [4.69, 9.17) is 10.8 Å². The first-order valence-corrected chi connectivity index (χ1v) is 9.21. The average molecular weight is 372 g/mol. The Hall–Kier alpha value is -2.49. The fraction of sp³-hybridized carbons (Fsp3) is 0.435. The van der Waals surface area contributed by atoms with Crippen molar-refractivity contribution < 1.29 is 15.0 Å². The number of para-hydroxylation sites is 1. The summed E-state index contributed by atoms with van der Waals surface area (Å²) in [6, 6.07) is 13.4. The van der Waals surface area contributed by atoms with Gasteiger partial charge >= 0.3 is 5.97 Å². The Bertz CT molecular complexity index is 718. The van der Waals surface area contributed by atoms with Crippen molar-refractivity contribution in [2.45, 2.75) is 65.2 Å². The molecule has 4 nitrogen and oxygen atoms in total. The molecule has 0 amide bonds. The van der Waals surface area contributed by atoms with Gasteiger partial charge in [-0.3, -0.25) is 4.79 Å². The van der Waals surface area contributed by atoms with Crippen LogP contribution in [0.25, 0.3) is 0 Å². The standard InChI is InChI=1S/C17H26O3.C6H7N/c1-16(2,3)12-9-11(7-8-14(18)19)10-13(15(12)20)17(4,5)6;7-6-4-2-1-3-5-6/h9-10,20H,7-8H2,1-6H3,(H,18,19);1-5H,7H2. The van der Waals surface area contributed by atoms with Gasteiger partial charge in [0, 0.05) is 12.1 Å². The van der Waals surface area contributed by atoms with Gasteiger partial charge in [0.1, 0.15) is 5.75 Å². The van der Waals surface area contributed by atoms with E-state index in [1.165, 1.54) is 0 Å². The van der Waals surface area contributed by atoms with Crippen molar-refractivity contribution in [1.82, 2.24) is 0 Å². The maximum Gasteiger partial charge on any atom is 0.303 e. The lowest BCUT2D eigenvalue weighted by molar-refractivity contribution is -0.136. The second kappa shape index (κ2) is 8.94. The van der Waals surface area contributed by atoms with Crippen molar-refractivity contribution in [2.24, 2.45) is 0 Å². The molecule has 0 aromatic heterocycles. The second-order valence-electron chi connectivity index (χ2n) is 8.84. The number of phenolic OH excluding ortho intramolecular Hbond substituents is 1. The minimum Gasteiger partial charge on any atom is -0.507 e. The van der Waals surface area contributed by atoms with Gasteiger partial charge in [-0.05, 0) is 46.1 Å². The molecule has 27 heavy (non-hydrogen) atoms. The van der Waals surface area contributed by atoms with Gasteiger partial charge in [0.05, 0.1) is 0 Å². The van der Waals surface area contributed by atoms with Crippen molar-refractivity contribution >= 4 is 11.7 Å². The fourth-order valence-electron chi connectivity index (χ4n) is 2.69. The lowest BCUT2D eigenvalue weighted by Gasteiger charge is -2.28. The van der Waals surface area contributed by atoms with E-state index in [1.54, 1.807) is 0 Å². The second-order valence-corrected chi connectivity index (χ2v) is 8.84. The van der Waals surface area contributed by atoms with E-state index in [1.807, 2.05) is 42.5 Å². The minimum atomic E-state index is -0.798. The molecule has 4 N–H and O–H groups in total. The van der Waals surface area contributed by atoms with Crippen LogP contribution in [0.1, 0.15) is 64.7 Å². The Balaban J connectivity index is 0.000000433. The van der Waals surface area contributed by atoms with Gasteiger partial charge in [0.15, 0.2) is 0 Å². The number of hydrogen-bond acceptors (Lipinski definition) is 3. The molecule has 0 atom stereocenters. The molecule has 0 aliphatic carbocycles. The summed E-state index contributed by atoms with van der Waals surface area (Å²) in [4.78, 5) is 10.8. The van der Waals surface area contributed by atoms with Gasteiger partial charge in [-0.2, -0.15) is 0 Å². The average Bonchev–Trinajstić information content (AvgIpc) is 2.53. The van der Waals surface area contributed by atoms with Crippen molar-refractivity contribution in [3.05, 3.63) is 59.2 Å². The van der Waals surface area contributed by atoms with Gasteiger partial charge in [0.2, 0.25) is 0 Å². The number of benzene rings is 2. The van der Waals surface area contributed by atoms with Crippen LogP contribution < -0.4 is 5.73 Å². The summed E-state index contributed by atoms with van der Waals surface area (Å²) >= 11 is 0. The van der Waals surface area contributed by atoms with Gasteiger partial charge < -0.3 is 15.9 Å². The highest BCUT2D eigenvalue weighted by molar-refractivity contribution is 5.67. The first-order valence-electron chi connectivity index (χ1n) is 9.21. The number of rotatable bonds is 3.